The number of carbonyl (C=O) groups excluding carboxylic acids is 1. The Morgan fingerprint density at radius 1 is 1.50 bits per heavy atom. The molecule has 0 saturated heterocycles. The quantitative estimate of drug-likeness (QED) is 0.847. The number of hydrogen-bond donors (Lipinski definition) is 2. The van der Waals surface area contributed by atoms with Crippen LogP contribution in [0, 0.1) is 6.92 Å². The molecule has 0 atom stereocenters. The Hall–Kier alpha value is -1.36. The lowest BCUT2D eigenvalue weighted by Gasteiger charge is -2.36. The van der Waals surface area contributed by atoms with Gasteiger partial charge in [0, 0.05) is 13.2 Å². The molecule has 1 aromatic heterocycles. The monoisotopic (exact) mass is 251 g/mol. The minimum Gasteiger partial charge on any atom is -0.394 e. The van der Waals surface area contributed by atoms with E-state index in [1.165, 1.54) is 6.42 Å². The fourth-order valence-corrected chi connectivity index (χ4v) is 2.68. The third-order valence-electron chi connectivity index (χ3n) is 3.75. The number of aryl methyl sites for hydroxylation is 2. The summed E-state index contributed by atoms with van der Waals surface area (Å²) in [4.78, 5) is 12.2. The van der Waals surface area contributed by atoms with Crippen LogP contribution >= 0.6 is 0 Å². The van der Waals surface area contributed by atoms with Crippen LogP contribution in [0.5, 0.6) is 0 Å². The van der Waals surface area contributed by atoms with Crippen molar-refractivity contribution in [2.45, 2.75) is 44.6 Å². The van der Waals surface area contributed by atoms with Gasteiger partial charge in [0.15, 0.2) is 0 Å². The molecule has 1 aliphatic carbocycles. The van der Waals surface area contributed by atoms with E-state index >= 15 is 0 Å². The van der Waals surface area contributed by atoms with Gasteiger partial charge in [-0.1, -0.05) is 19.3 Å². The first-order valence-corrected chi connectivity index (χ1v) is 6.50. The molecular formula is C13H21N3O2. The van der Waals surface area contributed by atoms with Crippen molar-refractivity contribution in [2.75, 3.05) is 6.61 Å². The maximum absolute atomic E-state index is 12.2. The second kappa shape index (κ2) is 5.10. The van der Waals surface area contributed by atoms with Gasteiger partial charge in [-0.3, -0.25) is 9.48 Å². The van der Waals surface area contributed by atoms with Crippen LogP contribution in [0.3, 0.4) is 0 Å². The number of nitrogens with zero attached hydrogens (tertiary/aromatic N) is 2. The standard InChI is InChI=1S/C13H21N3O2/c1-10-11(8-16(2)15-10)12(18)14-13(9-17)6-4-3-5-7-13/h8,17H,3-7,9H2,1-2H3,(H,14,18). The molecule has 0 aromatic carbocycles. The first-order valence-electron chi connectivity index (χ1n) is 6.50. The summed E-state index contributed by atoms with van der Waals surface area (Å²) >= 11 is 0. The average molecular weight is 251 g/mol. The highest BCUT2D eigenvalue weighted by Gasteiger charge is 2.33. The Morgan fingerprint density at radius 3 is 2.67 bits per heavy atom. The molecule has 1 aliphatic rings. The molecule has 0 aliphatic heterocycles. The molecule has 1 aromatic rings. The zero-order valence-electron chi connectivity index (χ0n) is 11.1. The van der Waals surface area contributed by atoms with Gasteiger partial charge in [-0.05, 0) is 19.8 Å². The van der Waals surface area contributed by atoms with Crippen molar-refractivity contribution >= 4 is 5.91 Å². The number of rotatable bonds is 3. The first-order chi connectivity index (χ1) is 8.56. The molecule has 0 unspecified atom stereocenters. The molecule has 1 saturated carbocycles. The maximum atomic E-state index is 12.2. The molecule has 0 radical (unpaired) electrons. The molecule has 0 bridgehead atoms. The van der Waals surface area contributed by atoms with Gasteiger partial charge in [-0.25, -0.2) is 0 Å². The van der Waals surface area contributed by atoms with E-state index in [0.717, 1.165) is 31.4 Å². The molecule has 5 nitrogen and oxygen atoms in total. The van der Waals surface area contributed by atoms with Gasteiger partial charge in [0.05, 0.1) is 23.4 Å². The van der Waals surface area contributed by atoms with Crippen molar-refractivity contribution in [1.29, 1.82) is 0 Å². The zero-order valence-corrected chi connectivity index (χ0v) is 11.1. The fraction of sp³-hybridized carbons (Fsp3) is 0.692. The fourth-order valence-electron chi connectivity index (χ4n) is 2.68. The molecule has 1 fully saturated rings. The lowest BCUT2D eigenvalue weighted by Crippen LogP contribution is -2.52. The predicted molar refractivity (Wildman–Crippen MR) is 68.3 cm³/mol. The largest absolute Gasteiger partial charge is 0.394 e. The van der Waals surface area contributed by atoms with Crippen molar-refractivity contribution in [3.05, 3.63) is 17.5 Å². The molecule has 1 heterocycles. The summed E-state index contributed by atoms with van der Waals surface area (Å²) in [5.74, 6) is -0.128. The number of hydrogen-bond acceptors (Lipinski definition) is 3. The van der Waals surface area contributed by atoms with E-state index in [0.29, 0.717) is 5.56 Å². The van der Waals surface area contributed by atoms with E-state index in [9.17, 15) is 9.90 Å². The van der Waals surface area contributed by atoms with Gasteiger partial charge in [0.2, 0.25) is 0 Å². The van der Waals surface area contributed by atoms with Crippen LogP contribution in [0.1, 0.15) is 48.2 Å². The number of amides is 1. The summed E-state index contributed by atoms with van der Waals surface area (Å²) in [7, 11) is 1.80. The Morgan fingerprint density at radius 2 is 2.17 bits per heavy atom. The molecule has 18 heavy (non-hydrogen) atoms. The zero-order chi connectivity index (χ0) is 13.2. The van der Waals surface area contributed by atoms with Crippen molar-refractivity contribution < 1.29 is 9.90 Å². The van der Waals surface area contributed by atoms with Crippen LogP contribution in [0.4, 0.5) is 0 Å². The number of carbonyl (C=O) groups is 1. The van der Waals surface area contributed by atoms with E-state index in [-0.39, 0.29) is 12.5 Å². The minimum absolute atomic E-state index is 0.0120. The average Bonchev–Trinajstić information content (AvgIpc) is 2.70. The topological polar surface area (TPSA) is 67.2 Å². The first kappa shape index (κ1) is 13.1. The lowest BCUT2D eigenvalue weighted by molar-refractivity contribution is 0.0758. The van der Waals surface area contributed by atoms with Crippen LogP contribution < -0.4 is 5.32 Å². The van der Waals surface area contributed by atoms with E-state index < -0.39 is 5.54 Å². The molecule has 2 N–H and O–H groups in total. The van der Waals surface area contributed by atoms with Crippen LogP contribution in [0.25, 0.3) is 0 Å². The normalized spacial score (nSPS) is 18.6. The van der Waals surface area contributed by atoms with Crippen molar-refractivity contribution in [2.24, 2.45) is 7.05 Å². The number of aromatic nitrogens is 2. The van der Waals surface area contributed by atoms with Gasteiger partial charge in [0.1, 0.15) is 0 Å². The predicted octanol–water partition coefficient (Wildman–Crippen LogP) is 1.15. The number of aliphatic hydroxyl groups is 1. The molecule has 0 spiro atoms. The number of nitrogens with one attached hydrogen (secondary N) is 1. The van der Waals surface area contributed by atoms with E-state index in [1.54, 1.807) is 17.9 Å². The Kier molecular flexibility index (Phi) is 3.71. The van der Waals surface area contributed by atoms with Crippen LogP contribution in [0.2, 0.25) is 0 Å². The van der Waals surface area contributed by atoms with Crippen molar-refractivity contribution in [3.63, 3.8) is 0 Å². The molecule has 1 amide bonds. The Balaban J connectivity index is 2.12. The SMILES string of the molecule is Cc1nn(C)cc1C(=O)NC1(CO)CCCCC1. The molecular weight excluding hydrogens is 230 g/mol. The summed E-state index contributed by atoms with van der Waals surface area (Å²) in [6, 6.07) is 0. The van der Waals surface area contributed by atoms with Gasteiger partial charge in [0.25, 0.3) is 5.91 Å². The van der Waals surface area contributed by atoms with Crippen molar-refractivity contribution in [1.82, 2.24) is 15.1 Å². The van der Waals surface area contributed by atoms with E-state index in [2.05, 4.69) is 10.4 Å². The Bertz CT molecular complexity index is 433. The third kappa shape index (κ3) is 2.56. The van der Waals surface area contributed by atoms with Crippen LogP contribution in [0.15, 0.2) is 6.20 Å². The third-order valence-corrected chi connectivity index (χ3v) is 3.75. The summed E-state index contributed by atoms with van der Waals surface area (Å²) < 4.78 is 1.64. The minimum atomic E-state index is -0.433. The molecule has 5 heteroatoms. The summed E-state index contributed by atoms with van der Waals surface area (Å²) in [6.45, 7) is 1.83. The second-order valence-corrected chi connectivity index (χ2v) is 5.26. The van der Waals surface area contributed by atoms with Crippen LogP contribution in [-0.2, 0) is 7.05 Å². The lowest BCUT2D eigenvalue weighted by atomic mass is 9.82. The van der Waals surface area contributed by atoms with E-state index in [1.807, 2.05) is 6.92 Å². The molecule has 2 rings (SSSR count). The molecule has 100 valence electrons. The van der Waals surface area contributed by atoms with Gasteiger partial charge in [-0.15, -0.1) is 0 Å². The second-order valence-electron chi connectivity index (χ2n) is 5.26. The number of aliphatic hydroxyl groups excluding tert-OH is 1. The van der Waals surface area contributed by atoms with Crippen molar-refractivity contribution in [3.8, 4) is 0 Å². The van der Waals surface area contributed by atoms with E-state index in [4.69, 9.17) is 0 Å². The van der Waals surface area contributed by atoms with Crippen LogP contribution in [-0.4, -0.2) is 32.9 Å². The smallest absolute Gasteiger partial charge is 0.255 e. The summed E-state index contributed by atoms with van der Waals surface area (Å²) in [5.41, 5.74) is 0.882. The summed E-state index contributed by atoms with van der Waals surface area (Å²) in [6.07, 6.45) is 6.74. The summed E-state index contributed by atoms with van der Waals surface area (Å²) in [5, 5.41) is 16.8. The highest BCUT2D eigenvalue weighted by Crippen LogP contribution is 2.28. The van der Waals surface area contributed by atoms with Gasteiger partial charge in [-0.2, -0.15) is 5.10 Å². The van der Waals surface area contributed by atoms with Gasteiger partial charge >= 0.3 is 0 Å². The Labute approximate surface area is 107 Å². The maximum Gasteiger partial charge on any atom is 0.255 e. The van der Waals surface area contributed by atoms with Gasteiger partial charge < -0.3 is 10.4 Å². The highest BCUT2D eigenvalue weighted by atomic mass is 16.3. The highest BCUT2D eigenvalue weighted by molar-refractivity contribution is 5.95.